The second-order valence-electron chi connectivity index (χ2n) is 3.35. The van der Waals surface area contributed by atoms with Crippen LogP contribution < -0.4 is 5.73 Å². The lowest BCUT2D eigenvalue weighted by molar-refractivity contribution is 0.316. The average molecular weight is 182 g/mol. The first kappa shape index (κ1) is 8.23. The number of thiophene rings is 1. The van der Waals surface area contributed by atoms with E-state index in [2.05, 4.69) is 17.3 Å². The minimum atomic E-state index is 0.704. The highest BCUT2D eigenvalue weighted by Gasteiger charge is 2.17. The molecule has 1 aliphatic heterocycles. The van der Waals surface area contributed by atoms with E-state index in [9.17, 15) is 0 Å². The van der Waals surface area contributed by atoms with Gasteiger partial charge in [0.1, 0.15) is 0 Å². The number of likely N-dealkylation sites (N-methyl/N-ethyl adjacent to an activating group) is 1. The van der Waals surface area contributed by atoms with Gasteiger partial charge < -0.3 is 10.6 Å². The number of rotatable bonds is 1. The van der Waals surface area contributed by atoms with E-state index in [4.69, 9.17) is 5.73 Å². The summed E-state index contributed by atoms with van der Waals surface area (Å²) in [6, 6.07) is 0. The molecule has 0 amide bonds. The number of nitrogens with zero attached hydrogens (tertiary/aromatic N) is 1. The van der Waals surface area contributed by atoms with Crippen molar-refractivity contribution in [1.82, 2.24) is 4.90 Å². The maximum Gasteiger partial charge on any atom is 0.0327 e. The van der Waals surface area contributed by atoms with Gasteiger partial charge in [-0.25, -0.2) is 0 Å². The molecule has 2 heterocycles. The smallest absolute Gasteiger partial charge is 0.0327 e. The molecular formula is C9H14N2S. The molecule has 2 N–H and O–H groups in total. The van der Waals surface area contributed by atoms with Gasteiger partial charge in [-0.15, -0.1) is 11.3 Å². The zero-order valence-corrected chi connectivity index (χ0v) is 8.16. The molecule has 0 aliphatic carbocycles. The Balaban J connectivity index is 2.32. The molecule has 0 saturated heterocycles. The Kier molecular flexibility index (Phi) is 2.17. The zero-order valence-electron chi connectivity index (χ0n) is 7.34. The molecule has 0 fully saturated rings. The lowest BCUT2D eigenvalue weighted by atomic mass is 10.0. The van der Waals surface area contributed by atoms with Gasteiger partial charge in [0.2, 0.25) is 0 Å². The summed E-state index contributed by atoms with van der Waals surface area (Å²) < 4.78 is 0. The van der Waals surface area contributed by atoms with Crippen LogP contribution in [0.15, 0.2) is 5.38 Å². The van der Waals surface area contributed by atoms with E-state index < -0.39 is 0 Å². The van der Waals surface area contributed by atoms with Crippen molar-refractivity contribution in [2.75, 3.05) is 13.6 Å². The number of hydrogen-bond acceptors (Lipinski definition) is 3. The predicted molar refractivity (Wildman–Crippen MR) is 52.2 cm³/mol. The topological polar surface area (TPSA) is 29.3 Å². The summed E-state index contributed by atoms with van der Waals surface area (Å²) in [5.41, 5.74) is 8.54. The van der Waals surface area contributed by atoms with E-state index in [-0.39, 0.29) is 0 Å². The fourth-order valence-corrected chi connectivity index (χ4v) is 2.89. The summed E-state index contributed by atoms with van der Waals surface area (Å²) in [5, 5.41) is 2.21. The molecule has 0 aromatic carbocycles. The highest BCUT2D eigenvalue weighted by Crippen LogP contribution is 2.27. The first-order valence-electron chi connectivity index (χ1n) is 4.28. The minimum absolute atomic E-state index is 0.704. The SMILES string of the molecule is CN1CCc2c(CN)csc2C1. The summed E-state index contributed by atoms with van der Waals surface area (Å²) >= 11 is 1.86. The average Bonchev–Trinajstić information content (AvgIpc) is 2.46. The summed E-state index contributed by atoms with van der Waals surface area (Å²) in [4.78, 5) is 3.88. The Morgan fingerprint density at radius 1 is 1.67 bits per heavy atom. The highest BCUT2D eigenvalue weighted by atomic mass is 32.1. The van der Waals surface area contributed by atoms with Crippen molar-refractivity contribution in [3.63, 3.8) is 0 Å². The van der Waals surface area contributed by atoms with Crippen LogP contribution >= 0.6 is 11.3 Å². The Hall–Kier alpha value is -0.380. The molecule has 1 aliphatic rings. The lowest BCUT2D eigenvalue weighted by Gasteiger charge is -2.22. The molecule has 2 rings (SSSR count). The molecule has 0 unspecified atom stereocenters. The van der Waals surface area contributed by atoms with Gasteiger partial charge in [0.25, 0.3) is 0 Å². The molecule has 2 nitrogen and oxygen atoms in total. The van der Waals surface area contributed by atoms with Crippen LogP contribution in [-0.4, -0.2) is 18.5 Å². The van der Waals surface area contributed by atoms with Gasteiger partial charge in [-0.2, -0.15) is 0 Å². The van der Waals surface area contributed by atoms with Gasteiger partial charge in [-0.05, 0) is 30.0 Å². The van der Waals surface area contributed by atoms with Crippen molar-refractivity contribution in [1.29, 1.82) is 0 Å². The Bertz CT molecular complexity index is 280. The van der Waals surface area contributed by atoms with Crippen molar-refractivity contribution < 1.29 is 0 Å². The van der Waals surface area contributed by atoms with Crippen molar-refractivity contribution in [2.24, 2.45) is 5.73 Å². The molecule has 1 aromatic rings. The maximum atomic E-state index is 5.65. The molecular weight excluding hydrogens is 168 g/mol. The molecule has 0 spiro atoms. The van der Waals surface area contributed by atoms with Crippen LogP contribution in [0.4, 0.5) is 0 Å². The number of hydrogen-bond donors (Lipinski definition) is 1. The van der Waals surface area contributed by atoms with Crippen molar-refractivity contribution >= 4 is 11.3 Å². The van der Waals surface area contributed by atoms with Gasteiger partial charge in [0.15, 0.2) is 0 Å². The van der Waals surface area contributed by atoms with Gasteiger partial charge in [-0.3, -0.25) is 0 Å². The first-order chi connectivity index (χ1) is 5.81. The third kappa shape index (κ3) is 1.28. The van der Waals surface area contributed by atoms with Crippen LogP contribution in [0.2, 0.25) is 0 Å². The normalized spacial score (nSPS) is 17.8. The standard InChI is InChI=1S/C9H14N2S/c1-11-3-2-8-7(4-10)6-12-9(8)5-11/h6H,2-5,10H2,1H3. The first-order valence-corrected chi connectivity index (χ1v) is 5.16. The molecule has 1 aromatic heterocycles. The maximum absolute atomic E-state index is 5.65. The minimum Gasteiger partial charge on any atom is -0.326 e. The quantitative estimate of drug-likeness (QED) is 0.707. The summed E-state index contributed by atoms with van der Waals surface area (Å²) in [6.07, 6.45) is 1.18. The van der Waals surface area contributed by atoms with E-state index in [0.717, 1.165) is 6.54 Å². The van der Waals surface area contributed by atoms with Crippen LogP contribution in [0.3, 0.4) is 0 Å². The third-order valence-electron chi connectivity index (χ3n) is 2.44. The van der Waals surface area contributed by atoms with E-state index in [1.807, 2.05) is 11.3 Å². The van der Waals surface area contributed by atoms with Gasteiger partial charge >= 0.3 is 0 Å². The predicted octanol–water partition coefficient (Wildman–Crippen LogP) is 1.19. The van der Waals surface area contributed by atoms with E-state index >= 15 is 0 Å². The number of nitrogens with two attached hydrogens (primary N) is 1. The Labute approximate surface area is 77.0 Å². The molecule has 12 heavy (non-hydrogen) atoms. The largest absolute Gasteiger partial charge is 0.326 e. The van der Waals surface area contributed by atoms with Crippen LogP contribution in [0.25, 0.3) is 0 Å². The second kappa shape index (κ2) is 3.17. The Morgan fingerprint density at radius 3 is 3.25 bits per heavy atom. The lowest BCUT2D eigenvalue weighted by Crippen LogP contribution is -2.25. The third-order valence-corrected chi connectivity index (χ3v) is 3.51. The summed E-state index contributed by atoms with van der Waals surface area (Å²) in [5.74, 6) is 0. The molecule has 3 heteroatoms. The fourth-order valence-electron chi connectivity index (χ4n) is 1.69. The van der Waals surface area contributed by atoms with E-state index in [1.54, 1.807) is 0 Å². The van der Waals surface area contributed by atoms with Crippen molar-refractivity contribution in [2.45, 2.75) is 19.5 Å². The molecule has 0 radical (unpaired) electrons. The monoisotopic (exact) mass is 182 g/mol. The van der Waals surface area contributed by atoms with Crippen molar-refractivity contribution in [3.8, 4) is 0 Å². The van der Waals surface area contributed by atoms with Gasteiger partial charge in [-0.1, -0.05) is 0 Å². The molecule has 0 saturated carbocycles. The fraction of sp³-hybridized carbons (Fsp3) is 0.556. The van der Waals surface area contributed by atoms with Crippen molar-refractivity contribution in [3.05, 3.63) is 21.4 Å². The van der Waals surface area contributed by atoms with E-state index in [1.165, 1.54) is 29.0 Å². The second-order valence-corrected chi connectivity index (χ2v) is 4.32. The van der Waals surface area contributed by atoms with Gasteiger partial charge in [0.05, 0.1) is 0 Å². The summed E-state index contributed by atoms with van der Waals surface area (Å²) in [7, 11) is 2.17. The zero-order chi connectivity index (χ0) is 8.55. The van der Waals surface area contributed by atoms with Crippen LogP contribution in [0.5, 0.6) is 0 Å². The highest BCUT2D eigenvalue weighted by molar-refractivity contribution is 7.10. The number of fused-ring (bicyclic) bond motifs is 1. The molecule has 0 atom stereocenters. The Morgan fingerprint density at radius 2 is 2.50 bits per heavy atom. The van der Waals surface area contributed by atoms with Gasteiger partial charge in [0, 0.05) is 24.5 Å². The van der Waals surface area contributed by atoms with Crippen LogP contribution in [0, 0.1) is 0 Å². The van der Waals surface area contributed by atoms with Crippen LogP contribution in [-0.2, 0) is 19.5 Å². The van der Waals surface area contributed by atoms with Crippen LogP contribution in [0.1, 0.15) is 16.0 Å². The van der Waals surface area contributed by atoms with E-state index in [0.29, 0.717) is 6.54 Å². The summed E-state index contributed by atoms with van der Waals surface area (Å²) in [6.45, 7) is 2.99. The molecule has 66 valence electrons. The molecule has 0 bridgehead atoms.